The van der Waals surface area contributed by atoms with Gasteiger partial charge < -0.3 is 10.2 Å². The molecule has 1 N–H and O–H groups in total. The molecule has 2 heterocycles. The fraction of sp³-hybridized carbons (Fsp3) is 0.368. The first kappa shape index (κ1) is 17.8. The van der Waals surface area contributed by atoms with Crippen LogP contribution in [0.15, 0.2) is 47.5 Å². The van der Waals surface area contributed by atoms with Crippen LogP contribution in [-0.2, 0) is 6.54 Å². The summed E-state index contributed by atoms with van der Waals surface area (Å²) in [4.78, 5) is 22.3. The number of carbonyl (C=O) groups excluding carboxylic acids is 1. The molecule has 3 rings (SSSR count). The Morgan fingerprint density at radius 3 is 2.52 bits per heavy atom. The first-order valence-corrected chi connectivity index (χ1v) is 9.71. The van der Waals surface area contributed by atoms with Gasteiger partial charge >= 0.3 is 6.03 Å². The summed E-state index contributed by atoms with van der Waals surface area (Å²) in [6.45, 7) is 6.15. The van der Waals surface area contributed by atoms with Gasteiger partial charge in [0.2, 0.25) is 0 Å². The second-order valence-corrected chi connectivity index (χ2v) is 7.07. The number of aryl methyl sites for hydroxylation is 1. The van der Waals surface area contributed by atoms with Gasteiger partial charge in [0, 0.05) is 49.5 Å². The van der Waals surface area contributed by atoms with Crippen LogP contribution in [0.5, 0.6) is 0 Å². The summed E-state index contributed by atoms with van der Waals surface area (Å²) >= 11 is 1.69. The summed E-state index contributed by atoms with van der Waals surface area (Å²) in [5.41, 5.74) is 3.18. The molecule has 1 saturated heterocycles. The monoisotopic (exact) mass is 356 g/mol. The van der Waals surface area contributed by atoms with Gasteiger partial charge in [-0.05, 0) is 49.1 Å². The van der Waals surface area contributed by atoms with Crippen molar-refractivity contribution in [3.05, 3.63) is 53.9 Å². The number of pyridine rings is 1. The van der Waals surface area contributed by atoms with E-state index in [-0.39, 0.29) is 6.03 Å². The summed E-state index contributed by atoms with van der Waals surface area (Å²) in [7, 11) is 0. The maximum atomic E-state index is 12.4. The number of hydrogen-bond acceptors (Lipinski definition) is 4. The fourth-order valence-corrected chi connectivity index (χ4v) is 3.29. The zero-order valence-corrected chi connectivity index (χ0v) is 15.6. The quantitative estimate of drug-likeness (QED) is 0.853. The highest BCUT2D eigenvalue weighted by atomic mass is 32.2. The van der Waals surface area contributed by atoms with Crippen LogP contribution in [0.4, 0.5) is 10.5 Å². The lowest BCUT2D eigenvalue weighted by Crippen LogP contribution is -2.49. The number of thioether (sulfide) groups is 1. The van der Waals surface area contributed by atoms with E-state index in [1.54, 1.807) is 11.8 Å². The van der Waals surface area contributed by atoms with Gasteiger partial charge in [-0.15, -0.1) is 11.8 Å². The predicted octanol–water partition coefficient (Wildman–Crippen LogP) is 3.46. The van der Waals surface area contributed by atoms with Crippen LogP contribution >= 0.6 is 11.8 Å². The third-order valence-corrected chi connectivity index (χ3v) is 5.24. The van der Waals surface area contributed by atoms with Gasteiger partial charge in [0.25, 0.3) is 0 Å². The van der Waals surface area contributed by atoms with E-state index in [1.807, 2.05) is 47.7 Å². The van der Waals surface area contributed by atoms with Gasteiger partial charge in [-0.2, -0.15) is 0 Å². The van der Waals surface area contributed by atoms with Gasteiger partial charge in [0.15, 0.2) is 0 Å². The highest BCUT2D eigenvalue weighted by molar-refractivity contribution is 7.98. The SMILES string of the molecule is CSc1ccc(NC(=O)N2CCN(Cc3ncccc3C)CC2)cc1. The smallest absolute Gasteiger partial charge is 0.321 e. The number of carbonyl (C=O) groups is 1. The van der Waals surface area contributed by atoms with E-state index in [0.29, 0.717) is 0 Å². The molecule has 2 amide bonds. The van der Waals surface area contributed by atoms with Crippen molar-refractivity contribution in [1.82, 2.24) is 14.8 Å². The molecule has 0 radical (unpaired) electrons. The summed E-state index contributed by atoms with van der Waals surface area (Å²) in [6.07, 6.45) is 3.88. The minimum Gasteiger partial charge on any atom is -0.322 e. The molecule has 1 aliphatic heterocycles. The summed E-state index contributed by atoms with van der Waals surface area (Å²) in [5, 5.41) is 2.98. The van der Waals surface area contributed by atoms with Crippen molar-refractivity contribution in [2.24, 2.45) is 0 Å². The van der Waals surface area contributed by atoms with Gasteiger partial charge in [0.05, 0.1) is 5.69 Å². The molecular weight excluding hydrogens is 332 g/mol. The van der Waals surface area contributed by atoms with Crippen LogP contribution in [0.1, 0.15) is 11.3 Å². The second-order valence-electron chi connectivity index (χ2n) is 6.19. The summed E-state index contributed by atoms with van der Waals surface area (Å²) < 4.78 is 0. The molecule has 1 aliphatic rings. The van der Waals surface area contributed by atoms with E-state index in [9.17, 15) is 4.79 Å². The van der Waals surface area contributed by atoms with E-state index >= 15 is 0 Å². The lowest BCUT2D eigenvalue weighted by molar-refractivity contribution is 0.142. The number of rotatable bonds is 4. The van der Waals surface area contributed by atoms with E-state index < -0.39 is 0 Å². The predicted molar refractivity (Wildman–Crippen MR) is 103 cm³/mol. The second kappa shape index (κ2) is 8.36. The molecule has 0 atom stereocenters. The molecule has 1 fully saturated rings. The number of anilines is 1. The third kappa shape index (κ3) is 4.74. The molecule has 0 unspecified atom stereocenters. The maximum Gasteiger partial charge on any atom is 0.321 e. The standard InChI is InChI=1S/C19H24N4OS/c1-15-4-3-9-20-18(15)14-22-10-12-23(13-11-22)19(24)21-16-5-7-17(25-2)8-6-16/h3-9H,10-14H2,1-2H3,(H,21,24). The highest BCUT2D eigenvalue weighted by Gasteiger charge is 2.21. The average Bonchev–Trinajstić information content (AvgIpc) is 2.65. The Hall–Kier alpha value is -2.05. The molecule has 1 aromatic heterocycles. The Kier molecular flexibility index (Phi) is 5.94. The van der Waals surface area contributed by atoms with Gasteiger partial charge in [-0.25, -0.2) is 4.79 Å². The first-order chi connectivity index (χ1) is 12.2. The highest BCUT2D eigenvalue weighted by Crippen LogP contribution is 2.18. The molecule has 0 aliphatic carbocycles. The van der Waals surface area contributed by atoms with Crippen molar-refractivity contribution in [2.75, 3.05) is 37.8 Å². The van der Waals surface area contributed by atoms with Crippen molar-refractivity contribution in [3.8, 4) is 0 Å². The number of hydrogen-bond donors (Lipinski definition) is 1. The minimum atomic E-state index is -0.0226. The Labute approximate surface area is 153 Å². The number of nitrogens with one attached hydrogen (secondary N) is 1. The van der Waals surface area contributed by atoms with Crippen LogP contribution in [0, 0.1) is 6.92 Å². The zero-order chi connectivity index (χ0) is 17.6. The molecule has 1 aromatic carbocycles. The van der Waals surface area contributed by atoms with Gasteiger partial charge in [-0.3, -0.25) is 9.88 Å². The number of nitrogens with zero attached hydrogens (tertiary/aromatic N) is 3. The molecule has 6 heteroatoms. The van der Waals surface area contributed by atoms with Crippen molar-refractivity contribution < 1.29 is 4.79 Å². The Bertz CT molecular complexity index is 712. The van der Waals surface area contributed by atoms with Crippen LogP contribution in [0.3, 0.4) is 0 Å². The number of amides is 2. The molecule has 2 aromatic rings. The van der Waals surface area contributed by atoms with E-state index in [2.05, 4.69) is 28.2 Å². The Balaban J connectivity index is 1.49. The molecule has 0 saturated carbocycles. The van der Waals surface area contributed by atoms with Crippen molar-refractivity contribution in [3.63, 3.8) is 0 Å². The van der Waals surface area contributed by atoms with E-state index in [4.69, 9.17) is 0 Å². The molecule has 0 bridgehead atoms. The normalized spacial score (nSPS) is 15.2. The lowest BCUT2D eigenvalue weighted by Gasteiger charge is -2.34. The number of piperazine rings is 1. The van der Waals surface area contributed by atoms with Crippen molar-refractivity contribution >= 4 is 23.5 Å². The topological polar surface area (TPSA) is 48.5 Å². The van der Waals surface area contributed by atoms with E-state index in [0.717, 1.165) is 44.1 Å². The first-order valence-electron chi connectivity index (χ1n) is 8.48. The Morgan fingerprint density at radius 2 is 1.88 bits per heavy atom. The van der Waals surface area contributed by atoms with E-state index in [1.165, 1.54) is 10.5 Å². The summed E-state index contributed by atoms with van der Waals surface area (Å²) in [6, 6.07) is 12.0. The van der Waals surface area contributed by atoms with Crippen molar-refractivity contribution in [1.29, 1.82) is 0 Å². The van der Waals surface area contributed by atoms with Gasteiger partial charge in [0.1, 0.15) is 0 Å². The average molecular weight is 356 g/mol. The number of urea groups is 1. The third-order valence-electron chi connectivity index (χ3n) is 4.49. The van der Waals surface area contributed by atoms with Crippen LogP contribution in [0.25, 0.3) is 0 Å². The maximum absolute atomic E-state index is 12.4. The largest absolute Gasteiger partial charge is 0.322 e. The Morgan fingerprint density at radius 1 is 1.16 bits per heavy atom. The molecule has 0 spiro atoms. The minimum absolute atomic E-state index is 0.0226. The van der Waals surface area contributed by atoms with Crippen molar-refractivity contribution in [2.45, 2.75) is 18.4 Å². The van der Waals surface area contributed by atoms with Gasteiger partial charge in [-0.1, -0.05) is 6.07 Å². The zero-order valence-electron chi connectivity index (χ0n) is 14.7. The summed E-state index contributed by atoms with van der Waals surface area (Å²) in [5.74, 6) is 0. The van der Waals surface area contributed by atoms with Crippen LogP contribution in [0.2, 0.25) is 0 Å². The molecule has 5 nitrogen and oxygen atoms in total. The lowest BCUT2D eigenvalue weighted by atomic mass is 10.2. The molecular formula is C19H24N4OS. The molecule has 25 heavy (non-hydrogen) atoms. The van der Waals surface area contributed by atoms with Crippen LogP contribution < -0.4 is 5.32 Å². The number of benzene rings is 1. The molecule has 132 valence electrons. The number of aromatic nitrogens is 1. The fourth-order valence-electron chi connectivity index (χ4n) is 2.88. The van der Waals surface area contributed by atoms with Crippen LogP contribution in [-0.4, -0.2) is 53.2 Å².